The summed E-state index contributed by atoms with van der Waals surface area (Å²) in [6.07, 6.45) is -2.98. The zero-order chi connectivity index (χ0) is 22.1. The van der Waals surface area contributed by atoms with Crippen molar-refractivity contribution >= 4 is 17.5 Å². The summed E-state index contributed by atoms with van der Waals surface area (Å²) in [4.78, 5) is 12.3. The molecule has 0 radical (unpaired) electrons. The second-order valence-electron chi connectivity index (χ2n) is 7.19. The van der Waals surface area contributed by atoms with E-state index in [2.05, 4.69) is 0 Å². The van der Waals surface area contributed by atoms with Crippen LogP contribution in [0.5, 0.6) is 0 Å². The molecule has 0 spiro atoms. The van der Waals surface area contributed by atoms with Crippen LogP contribution in [0.25, 0.3) is 11.1 Å². The highest BCUT2D eigenvalue weighted by Gasteiger charge is 2.31. The number of rotatable bonds is 6. The van der Waals surface area contributed by atoms with E-state index in [0.29, 0.717) is 40.4 Å². The van der Waals surface area contributed by atoms with Crippen molar-refractivity contribution < 1.29 is 18.0 Å². The van der Waals surface area contributed by atoms with Crippen LogP contribution in [-0.2, 0) is 19.1 Å². The molecule has 0 fully saturated rings. The first-order valence-corrected chi connectivity index (χ1v) is 9.95. The van der Waals surface area contributed by atoms with Crippen molar-refractivity contribution in [3.8, 4) is 11.1 Å². The van der Waals surface area contributed by atoms with E-state index in [-0.39, 0.29) is 0 Å². The van der Waals surface area contributed by atoms with Crippen molar-refractivity contribution in [3.63, 3.8) is 0 Å². The lowest BCUT2D eigenvalue weighted by Crippen LogP contribution is -2.13. The molecule has 1 heterocycles. The third-order valence-corrected chi connectivity index (χ3v) is 5.33. The monoisotopic (exact) mass is 434 g/mol. The molecule has 30 heavy (non-hydrogen) atoms. The topological polar surface area (TPSA) is 48.0 Å². The van der Waals surface area contributed by atoms with Gasteiger partial charge in [-0.05, 0) is 48.7 Å². The zero-order valence-corrected chi connectivity index (χ0v) is 17.4. The minimum absolute atomic E-state index is 0.334. The minimum Gasteiger partial charge on any atom is -0.366 e. The number of amides is 1. The van der Waals surface area contributed by atoms with Gasteiger partial charge in [-0.1, -0.05) is 49.2 Å². The largest absolute Gasteiger partial charge is 0.416 e. The Hall–Kier alpha value is -2.73. The van der Waals surface area contributed by atoms with Gasteiger partial charge in [0, 0.05) is 28.5 Å². The number of carbonyl (C=O) groups is 1. The summed E-state index contributed by atoms with van der Waals surface area (Å²) in [5.41, 5.74) is 8.92. The Morgan fingerprint density at radius 2 is 1.80 bits per heavy atom. The summed E-state index contributed by atoms with van der Waals surface area (Å²) in [6.45, 7) is 4.28. The number of alkyl halides is 3. The van der Waals surface area contributed by atoms with Crippen molar-refractivity contribution in [2.45, 2.75) is 39.4 Å². The van der Waals surface area contributed by atoms with Crippen molar-refractivity contribution in [2.24, 2.45) is 5.73 Å². The van der Waals surface area contributed by atoms with Crippen LogP contribution in [0.3, 0.4) is 0 Å². The molecule has 3 nitrogen and oxygen atoms in total. The Labute approximate surface area is 178 Å². The van der Waals surface area contributed by atoms with Gasteiger partial charge in [-0.3, -0.25) is 4.79 Å². The molecule has 7 heteroatoms. The van der Waals surface area contributed by atoms with E-state index in [4.69, 9.17) is 17.3 Å². The van der Waals surface area contributed by atoms with Crippen LogP contribution < -0.4 is 5.73 Å². The van der Waals surface area contributed by atoms with Gasteiger partial charge in [0.05, 0.1) is 11.1 Å². The average molecular weight is 435 g/mol. The maximum absolute atomic E-state index is 13.0. The highest BCUT2D eigenvalue weighted by Crippen LogP contribution is 2.36. The summed E-state index contributed by atoms with van der Waals surface area (Å²) in [6, 6.07) is 12.3. The molecule has 0 atom stereocenters. The molecule has 0 saturated heterocycles. The van der Waals surface area contributed by atoms with Gasteiger partial charge >= 0.3 is 6.18 Å². The SMILES string of the molecule is CCCc1c(-c2ccc(C(F)(F)F)cc2)c(C(N)=O)c(C)n1Cc1cccc(Cl)c1. The predicted molar refractivity (Wildman–Crippen MR) is 113 cm³/mol. The fourth-order valence-corrected chi connectivity index (χ4v) is 3.98. The third-order valence-electron chi connectivity index (χ3n) is 5.09. The quantitative estimate of drug-likeness (QED) is 0.490. The number of benzene rings is 2. The second kappa shape index (κ2) is 8.56. The molecular weight excluding hydrogens is 413 g/mol. The van der Waals surface area contributed by atoms with Crippen LogP contribution in [0.4, 0.5) is 13.2 Å². The zero-order valence-electron chi connectivity index (χ0n) is 16.7. The van der Waals surface area contributed by atoms with Crippen molar-refractivity contribution in [1.82, 2.24) is 4.57 Å². The van der Waals surface area contributed by atoms with Gasteiger partial charge in [-0.2, -0.15) is 13.2 Å². The number of aromatic nitrogens is 1. The molecule has 1 amide bonds. The molecule has 1 aromatic heterocycles. The van der Waals surface area contributed by atoms with E-state index in [1.807, 2.05) is 29.7 Å². The van der Waals surface area contributed by atoms with Gasteiger partial charge < -0.3 is 10.3 Å². The fourth-order valence-electron chi connectivity index (χ4n) is 3.76. The Morgan fingerprint density at radius 3 is 2.33 bits per heavy atom. The standard InChI is InChI=1S/C23H22ClF3N2O/c1-3-5-19-21(16-8-10-17(11-9-16)23(25,26)27)20(22(28)30)14(2)29(19)13-15-6-4-7-18(24)12-15/h4,6-12H,3,5,13H2,1-2H3,(H2,28,30). The molecule has 0 aliphatic carbocycles. The Kier molecular flexibility index (Phi) is 6.27. The predicted octanol–water partition coefficient (Wildman–Crippen LogP) is 6.24. The number of nitrogens with zero attached hydrogens (tertiary/aromatic N) is 1. The summed E-state index contributed by atoms with van der Waals surface area (Å²) in [5, 5.41) is 0.604. The first kappa shape index (κ1) is 22.0. The normalized spacial score (nSPS) is 11.7. The minimum atomic E-state index is -4.42. The van der Waals surface area contributed by atoms with Gasteiger partial charge in [0.1, 0.15) is 0 Å². The van der Waals surface area contributed by atoms with E-state index in [9.17, 15) is 18.0 Å². The summed E-state index contributed by atoms with van der Waals surface area (Å²) in [7, 11) is 0. The number of halogens is 4. The van der Waals surface area contributed by atoms with E-state index in [1.54, 1.807) is 13.0 Å². The van der Waals surface area contributed by atoms with Crippen LogP contribution in [0.1, 0.15) is 46.2 Å². The van der Waals surface area contributed by atoms with Gasteiger partial charge in [-0.15, -0.1) is 0 Å². The van der Waals surface area contributed by atoms with Crippen LogP contribution in [-0.4, -0.2) is 10.5 Å². The van der Waals surface area contributed by atoms with Gasteiger partial charge in [0.25, 0.3) is 5.91 Å². The molecule has 2 N–H and O–H groups in total. The third kappa shape index (κ3) is 4.38. The van der Waals surface area contributed by atoms with E-state index in [0.717, 1.165) is 29.8 Å². The molecule has 158 valence electrons. The molecule has 3 rings (SSSR count). The van der Waals surface area contributed by atoms with Gasteiger partial charge in [0.2, 0.25) is 0 Å². The highest BCUT2D eigenvalue weighted by molar-refractivity contribution is 6.30. The molecule has 2 aromatic carbocycles. The Balaban J connectivity index is 2.19. The highest BCUT2D eigenvalue weighted by atomic mass is 35.5. The number of carbonyl (C=O) groups excluding carboxylic acids is 1. The lowest BCUT2D eigenvalue weighted by atomic mass is 9.97. The van der Waals surface area contributed by atoms with Crippen molar-refractivity contribution in [3.05, 3.63) is 81.6 Å². The van der Waals surface area contributed by atoms with E-state index in [1.165, 1.54) is 12.1 Å². The van der Waals surface area contributed by atoms with Crippen LogP contribution in [0, 0.1) is 6.92 Å². The second-order valence-corrected chi connectivity index (χ2v) is 7.62. The average Bonchev–Trinajstić information content (AvgIpc) is 2.94. The van der Waals surface area contributed by atoms with Crippen LogP contribution in [0.2, 0.25) is 5.02 Å². The van der Waals surface area contributed by atoms with Gasteiger partial charge in [0.15, 0.2) is 0 Å². The first-order chi connectivity index (χ1) is 14.1. The van der Waals surface area contributed by atoms with Crippen LogP contribution in [0.15, 0.2) is 48.5 Å². The molecule has 0 bridgehead atoms. The van der Waals surface area contributed by atoms with E-state index < -0.39 is 17.6 Å². The fraction of sp³-hybridized carbons (Fsp3) is 0.261. The summed E-state index contributed by atoms with van der Waals surface area (Å²) < 4.78 is 41.0. The Morgan fingerprint density at radius 1 is 1.13 bits per heavy atom. The molecular formula is C23H22ClF3N2O. The van der Waals surface area contributed by atoms with Crippen molar-refractivity contribution in [2.75, 3.05) is 0 Å². The lowest BCUT2D eigenvalue weighted by molar-refractivity contribution is -0.137. The smallest absolute Gasteiger partial charge is 0.366 e. The van der Waals surface area contributed by atoms with Crippen molar-refractivity contribution in [1.29, 1.82) is 0 Å². The molecule has 0 unspecified atom stereocenters. The first-order valence-electron chi connectivity index (χ1n) is 9.57. The summed E-state index contributed by atoms with van der Waals surface area (Å²) in [5.74, 6) is -0.607. The maximum atomic E-state index is 13.0. The number of primary amides is 1. The summed E-state index contributed by atoms with van der Waals surface area (Å²) >= 11 is 6.11. The van der Waals surface area contributed by atoms with Gasteiger partial charge in [-0.25, -0.2) is 0 Å². The molecule has 0 aliphatic rings. The Bertz CT molecular complexity index is 1070. The van der Waals surface area contributed by atoms with Crippen LogP contribution >= 0.6 is 11.6 Å². The lowest BCUT2D eigenvalue weighted by Gasteiger charge is -2.14. The molecule has 0 aliphatic heterocycles. The number of hydrogen-bond donors (Lipinski definition) is 1. The number of hydrogen-bond acceptors (Lipinski definition) is 1. The molecule has 3 aromatic rings. The number of nitrogens with two attached hydrogens (primary N) is 1. The maximum Gasteiger partial charge on any atom is 0.416 e. The molecule has 0 saturated carbocycles. The van der Waals surface area contributed by atoms with E-state index >= 15 is 0 Å².